The number of aliphatic hydroxyl groups is 1. The van der Waals surface area contributed by atoms with E-state index in [2.05, 4.69) is 15.0 Å². The van der Waals surface area contributed by atoms with E-state index in [0.717, 1.165) is 38.2 Å². The van der Waals surface area contributed by atoms with Crippen molar-refractivity contribution in [3.05, 3.63) is 11.7 Å². The highest BCUT2D eigenvalue weighted by atomic mass is 16.5. The van der Waals surface area contributed by atoms with Crippen LogP contribution < -0.4 is 0 Å². The molecule has 3 rings (SSSR count). The van der Waals surface area contributed by atoms with Crippen LogP contribution in [0.25, 0.3) is 0 Å². The van der Waals surface area contributed by atoms with Crippen molar-refractivity contribution < 1.29 is 9.63 Å². The van der Waals surface area contributed by atoms with Gasteiger partial charge in [-0.15, -0.1) is 0 Å². The maximum Gasteiger partial charge on any atom is 0.223 e. The summed E-state index contributed by atoms with van der Waals surface area (Å²) >= 11 is 0. The summed E-state index contributed by atoms with van der Waals surface area (Å²) in [4.78, 5) is 6.75. The number of hydrogen-bond acceptors (Lipinski definition) is 5. The van der Waals surface area contributed by atoms with Crippen LogP contribution >= 0.6 is 0 Å². The van der Waals surface area contributed by atoms with Crippen molar-refractivity contribution in [1.29, 1.82) is 0 Å². The predicted molar refractivity (Wildman–Crippen MR) is 70.4 cm³/mol. The van der Waals surface area contributed by atoms with Crippen LogP contribution in [-0.4, -0.2) is 38.8 Å². The summed E-state index contributed by atoms with van der Waals surface area (Å²) < 4.78 is 5.05. The van der Waals surface area contributed by atoms with Gasteiger partial charge >= 0.3 is 0 Å². The minimum atomic E-state index is -0.113. The Bertz CT molecular complexity index is 421. The molecule has 0 bridgehead atoms. The second-order valence-electron chi connectivity index (χ2n) is 5.93. The molecule has 2 aliphatic rings. The summed E-state index contributed by atoms with van der Waals surface area (Å²) in [6.45, 7) is 3.66. The van der Waals surface area contributed by atoms with Gasteiger partial charge in [-0.05, 0) is 32.2 Å². The number of aryl methyl sites for hydroxylation is 1. The van der Waals surface area contributed by atoms with Crippen molar-refractivity contribution >= 4 is 0 Å². The standard InChI is InChI=1S/C14H23N3O2/c1-10-15-14(16-19-10)9-17-8-3-2-6-12(17)11-5-4-7-13(11)18/h11-13,18H,2-9H2,1H3. The quantitative estimate of drug-likeness (QED) is 0.904. The number of aromatic nitrogens is 2. The van der Waals surface area contributed by atoms with Crippen molar-refractivity contribution in [2.45, 2.75) is 64.1 Å². The Kier molecular flexibility index (Phi) is 3.84. The van der Waals surface area contributed by atoms with E-state index in [-0.39, 0.29) is 6.10 Å². The Labute approximate surface area is 114 Å². The van der Waals surface area contributed by atoms with Crippen LogP contribution in [0.1, 0.15) is 50.2 Å². The number of piperidine rings is 1. The van der Waals surface area contributed by atoms with E-state index in [4.69, 9.17) is 4.52 Å². The van der Waals surface area contributed by atoms with E-state index < -0.39 is 0 Å². The monoisotopic (exact) mass is 265 g/mol. The average Bonchev–Trinajstić information content (AvgIpc) is 2.99. The fourth-order valence-corrected chi connectivity index (χ4v) is 3.70. The van der Waals surface area contributed by atoms with Crippen LogP contribution in [0.4, 0.5) is 0 Å². The predicted octanol–water partition coefficient (Wildman–Crippen LogP) is 1.89. The SMILES string of the molecule is Cc1nc(CN2CCCCC2C2CCCC2O)no1. The van der Waals surface area contributed by atoms with Gasteiger partial charge in [-0.25, -0.2) is 0 Å². The molecule has 0 radical (unpaired) electrons. The minimum Gasteiger partial charge on any atom is -0.393 e. The highest BCUT2D eigenvalue weighted by Gasteiger charge is 2.37. The second-order valence-corrected chi connectivity index (χ2v) is 5.93. The highest BCUT2D eigenvalue weighted by molar-refractivity contribution is 4.93. The molecule has 1 aromatic rings. The van der Waals surface area contributed by atoms with Gasteiger partial charge in [-0.1, -0.05) is 18.0 Å². The van der Waals surface area contributed by atoms with Gasteiger partial charge in [-0.2, -0.15) is 4.98 Å². The molecule has 106 valence electrons. The summed E-state index contributed by atoms with van der Waals surface area (Å²) in [6.07, 6.45) is 6.88. The first-order valence-electron chi connectivity index (χ1n) is 7.45. The molecular weight excluding hydrogens is 242 g/mol. The summed E-state index contributed by atoms with van der Waals surface area (Å²) in [5.41, 5.74) is 0. The molecule has 2 fully saturated rings. The molecule has 19 heavy (non-hydrogen) atoms. The molecular formula is C14H23N3O2. The van der Waals surface area contributed by atoms with Gasteiger partial charge in [0.25, 0.3) is 0 Å². The first-order valence-corrected chi connectivity index (χ1v) is 7.45. The molecule has 5 nitrogen and oxygen atoms in total. The Balaban J connectivity index is 1.70. The fourth-order valence-electron chi connectivity index (χ4n) is 3.70. The molecule has 0 spiro atoms. The molecule has 0 aromatic carbocycles. The third-order valence-electron chi connectivity index (χ3n) is 4.60. The molecule has 1 saturated heterocycles. The van der Waals surface area contributed by atoms with E-state index in [1.807, 2.05) is 6.92 Å². The first kappa shape index (κ1) is 13.1. The highest BCUT2D eigenvalue weighted by Crippen LogP contribution is 2.35. The Morgan fingerprint density at radius 3 is 2.84 bits per heavy atom. The van der Waals surface area contributed by atoms with E-state index in [1.54, 1.807) is 0 Å². The second kappa shape index (κ2) is 5.59. The fraction of sp³-hybridized carbons (Fsp3) is 0.857. The Hall–Kier alpha value is -0.940. The molecule has 1 aromatic heterocycles. The number of likely N-dealkylation sites (tertiary alicyclic amines) is 1. The van der Waals surface area contributed by atoms with Gasteiger partial charge in [0.1, 0.15) is 0 Å². The Morgan fingerprint density at radius 2 is 2.16 bits per heavy atom. The zero-order chi connectivity index (χ0) is 13.2. The summed E-state index contributed by atoms with van der Waals surface area (Å²) in [6, 6.07) is 0.491. The lowest BCUT2D eigenvalue weighted by Gasteiger charge is -2.39. The molecule has 3 unspecified atom stereocenters. The van der Waals surface area contributed by atoms with Gasteiger partial charge < -0.3 is 9.63 Å². The number of aliphatic hydroxyl groups excluding tert-OH is 1. The van der Waals surface area contributed by atoms with E-state index in [0.29, 0.717) is 17.9 Å². The number of hydrogen-bond donors (Lipinski definition) is 1. The molecule has 5 heteroatoms. The maximum atomic E-state index is 10.2. The van der Waals surface area contributed by atoms with Crippen LogP contribution in [0.3, 0.4) is 0 Å². The normalized spacial score (nSPS) is 32.8. The van der Waals surface area contributed by atoms with Gasteiger partial charge in [0.05, 0.1) is 12.6 Å². The Morgan fingerprint density at radius 1 is 1.26 bits per heavy atom. The number of rotatable bonds is 3. The molecule has 1 aliphatic heterocycles. The van der Waals surface area contributed by atoms with E-state index in [1.165, 1.54) is 19.3 Å². The molecule has 1 N–H and O–H groups in total. The third-order valence-corrected chi connectivity index (χ3v) is 4.60. The van der Waals surface area contributed by atoms with Crippen molar-refractivity contribution in [1.82, 2.24) is 15.0 Å². The lowest BCUT2D eigenvalue weighted by atomic mass is 9.88. The van der Waals surface area contributed by atoms with E-state index >= 15 is 0 Å². The van der Waals surface area contributed by atoms with Gasteiger partial charge in [0.15, 0.2) is 5.82 Å². The zero-order valence-corrected chi connectivity index (χ0v) is 11.6. The summed E-state index contributed by atoms with van der Waals surface area (Å²) in [7, 11) is 0. The van der Waals surface area contributed by atoms with Crippen LogP contribution in [-0.2, 0) is 6.54 Å². The molecule has 0 amide bonds. The van der Waals surface area contributed by atoms with E-state index in [9.17, 15) is 5.11 Å². The van der Waals surface area contributed by atoms with Crippen LogP contribution in [0.5, 0.6) is 0 Å². The topological polar surface area (TPSA) is 62.4 Å². The maximum absolute atomic E-state index is 10.2. The third kappa shape index (κ3) is 2.82. The van der Waals surface area contributed by atoms with Crippen molar-refractivity contribution in [3.8, 4) is 0 Å². The molecule has 1 aliphatic carbocycles. The lowest BCUT2D eigenvalue weighted by Crippen LogP contribution is -2.46. The van der Waals surface area contributed by atoms with Crippen LogP contribution in [0.15, 0.2) is 4.52 Å². The van der Waals surface area contributed by atoms with Crippen molar-refractivity contribution in [2.75, 3.05) is 6.54 Å². The van der Waals surface area contributed by atoms with Gasteiger partial charge in [0.2, 0.25) is 5.89 Å². The van der Waals surface area contributed by atoms with Gasteiger partial charge in [-0.3, -0.25) is 4.90 Å². The molecule has 1 saturated carbocycles. The summed E-state index contributed by atoms with van der Waals surface area (Å²) in [5, 5.41) is 14.2. The summed E-state index contributed by atoms with van der Waals surface area (Å²) in [5.74, 6) is 1.84. The molecule has 2 heterocycles. The molecule has 3 atom stereocenters. The van der Waals surface area contributed by atoms with Crippen molar-refractivity contribution in [2.24, 2.45) is 5.92 Å². The lowest BCUT2D eigenvalue weighted by molar-refractivity contribution is 0.0297. The van der Waals surface area contributed by atoms with Crippen LogP contribution in [0, 0.1) is 12.8 Å². The average molecular weight is 265 g/mol. The largest absolute Gasteiger partial charge is 0.393 e. The first-order chi connectivity index (χ1) is 9.24. The van der Waals surface area contributed by atoms with Gasteiger partial charge in [0, 0.05) is 18.9 Å². The smallest absolute Gasteiger partial charge is 0.223 e. The zero-order valence-electron chi connectivity index (χ0n) is 11.6. The number of nitrogens with zero attached hydrogens (tertiary/aromatic N) is 3. The van der Waals surface area contributed by atoms with Crippen molar-refractivity contribution in [3.63, 3.8) is 0 Å². The minimum absolute atomic E-state index is 0.113. The van der Waals surface area contributed by atoms with Crippen LogP contribution in [0.2, 0.25) is 0 Å².